The molecule has 1 saturated heterocycles. The van der Waals surface area contributed by atoms with Gasteiger partial charge < -0.3 is 15.2 Å². The number of amides is 1. The van der Waals surface area contributed by atoms with Crippen molar-refractivity contribution in [3.8, 4) is 0 Å². The smallest absolute Gasteiger partial charge is 0.404 e. The Morgan fingerprint density at radius 2 is 2.26 bits per heavy atom. The van der Waals surface area contributed by atoms with Gasteiger partial charge in [-0.1, -0.05) is 22.9 Å². The van der Waals surface area contributed by atoms with E-state index in [0.29, 0.717) is 11.9 Å². The first-order chi connectivity index (χ1) is 8.99. The number of aldehydes is 1. The van der Waals surface area contributed by atoms with Gasteiger partial charge >= 0.3 is 6.09 Å². The van der Waals surface area contributed by atoms with Crippen LogP contribution in [0, 0.1) is 5.92 Å². The average molecular weight is 335 g/mol. The molecule has 0 bridgehead atoms. The van der Waals surface area contributed by atoms with Crippen LogP contribution in [0.15, 0.2) is 0 Å². The van der Waals surface area contributed by atoms with Gasteiger partial charge in [0, 0.05) is 12.5 Å². The number of nitrogens with zero attached hydrogens (tertiary/aromatic N) is 1. The van der Waals surface area contributed by atoms with Gasteiger partial charge in [-0.25, -0.2) is 4.79 Å². The fourth-order valence-electron chi connectivity index (χ4n) is 2.35. The van der Waals surface area contributed by atoms with Crippen molar-refractivity contribution in [1.82, 2.24) is 10.2 Å². The van der Waals surface area contributed by atoms with E-state index in [-0.39, 0.29) is 11.8 Å². The summed E-state index contributed by atoms with van der Waals surface area (Å²) in [6.45, 7) is 2.81. The van der Waals surface area contributed by atoms with Crippen LogP contribution in [0.25, 0.3) is 0 Å². The quantitative estimate of drug-likeness (QED) is 0.533. The summed E-state index contributed by atoms with van der Waals surface area (Å²) in [7, 11) is 0. The Morgan fingerprint density at radius 3 is 2.79 bits per heavy atom. The molecule has 1 rings (SSSR count). The fraction of sp³-hybridized carbons (Fsp3) is 0.750. The van der Waals surface area contributed by atoms with E-state index in [1.165, 1.54) is 0 Å². The second-order valence-electron chi connectivity index (χ2n) is 4.80. The van der Waals surface area contributed by atoms with Crippen LogP contribution in [0.3, 0.4) is 0 Å². The molecule has 0 aromatic carbocycles. The van der Waals surface area contributed by atoms with E-state index in [0.717, 1.165) is 25.7 Å². The van der Waals surface area contributed by atoms with Gasteiger partial charge in [0.2, 0.25) is 0 Å². The van der Waals surface area contributed by atoms with Crippen molar-refractivity contribution in [1.29, 1.82) is 0 Å². The normalized spacial score (nSPS) is 22.7. The lowest BCUT2D eigenvalue weighted by molar-refractivity contribution is -0.120. The third-order valence-electron chi connectivity index (χ3n) is 3.46. The molecule has 0 saturated carbocycles. The lowest BCUT2D eigenvalue weighted by atomic mass is 10.0. The molecule has 0 aromatic rings. The molecule has 2 unspecified atom stereocenters. The molecular weight excluding hydrogens is 316 g/mol. The summed E-state index contributed by atoms with van der Waals surface area (Å²) in [5.41, 5.74) is 0. The zero-order valence-electron chi connectivity index (χ0n) is 10.8. The first-order valence-corrected chi connectivity index (χ1v) is 7.39. The molecule has 3 atom stereocenters. The number of carbonyl (C=O) groups is 3. The molecule has 108 valence electrons. The van der Waals surface area contributed by atoms with Gasteiger partial charge in [-0.05, 0) is 19.4 Å². The van der Waals surface area contributed by atoms with Crippen LogP contribution in [0.2, 0.25) is 0 Å². The standard InChI is InChI=1S/C12H19BrN2O4/c1-8(7-16)9(14-12(18)19)6-15-4-2-3-10(15)11(17)5-13/h7-10,14H,2-6H2,1H3,(H,18,19)/t8?,9?,10-/m0/s1. The van der Waals surface area contributed by atoms with Gasteiger partial charge in [-0.15, -0.1) is 0 Å². The Bertz CT molecular complexity index is 351. The van der Waals surface area contributed by atoms with E-state index in [1.807, 2.05) is 4.90 Å². The van der Waals surface area contributed by atoms with E-state index in [2.05, 4.69) is 21.2 Å². The number of carbonyl (C=O) groups excluding carboxylic acids is 2. The third kappa shape index (κ3) is 4.58. The minimum Gasteiger partial charge on any atom is -0.465 e. The van der Waals surface area contributed by atoms with Crippen LogP contribution >= 0.6 is 15.9 Å². The molecule has 0 spiro atoms. The third-order valence-corrected chi connectivity index (χ3v) is 4.01. The van der Waals surface area contributed by atoms with Crippen LogP contribution < -0.4 is 5.32 Å². The summed E-state index contributed by atoms with van der Waals surface area (Å²) in [4.78, 5) is 35.3. The second kappa shape index (κ2) is 7.59. The Hall–Kier alpha value is -0.950. The van der Waals surface area contributed by atoms with E-state index in [9.17, 15) is 14.4 Å². The summed E-state index contributed by atoms with van der Waals surface area (Å²) in [6, 6.07) is -0.657. The molecule has 1 aliphatic heterocycles. The summed E-state index contributed by atoms with van der Waals surface area (Å²) in [5.74, 6) is -0.318. The first-order valence-electron chi connectivity index (χ1n) is 6.27. The average Bonchev–Trinajstić information content (AvgIpc) is 2.83. The minimum atomic E-state index is -1.15. The summed E-state index contributed by atoms with van der Waals surface area (Å²) in [6.07, 6.45) is 1.29. The molecule has 19 heavy (non-hydrogen) atoms. The maximum Gasteiger partial charge on any atom is 0.404 e. The number of carboxylic acid groups (broad SMARTS) is 1. The van der Waals surface area contributed by atoms with Crippen molar-refractivity contribution >= 4 is 34.1 Å². The summed E-state index contributed by atoms with van der Waals surface area (Å²) < 4.78 is 0. The lowest BCUT2D eigenvalue weighted by Crippen LogP contribution is -2.50. The Labute approximate surface area is 120 Å². The van der Waals surface area contributed by atoms with Gasteiger partial charge in [0.25, 0.3) is 0 Å². The maximum atomic E-state index is 11.8. The Balaban J connectivity index is 2.69. The van der Waals surface area contributed by atoms with Gasteiger partial charge in [-0.2, -0.15) is 0 Å². The molecule has 1 amide bonds. The topological polar surface area (TPSA) is 86.7 Å². The van der Waals surface area contributed by atoms with Crippen LogP contribution in [0.5, 0.6) is 0 Å². The van der Waals surface area contributed by atoms with Crippen LogP contribution in [0.4, 0.5) is 4.79 Å². The van der Waals surface area contributed by atoms with Gasteiger partial charge in [0.15, 0.2) is 5.78 Å². The van der Waals surface area contributed by atoms with Gasteiger partial charge in [0.05, 0.1) is 17.4 Å². The summed E-state index contributed by atoms with van der Waals surface area (Å²) in [5, 5.41) is 11.5. The van der Waals surface area contributed by atoms with Gasteiger partial charge in [-0.3, -0.25) is 9.69 Å². The number of ketones is 1. The number of hydrogen-bond acceptors (Lipinski definition) is 4. The molecule has 0 radical (unpaired) electrons. The fourth-order valence-corrected chi connectivity index (χ4v) is 2.72. The maximum absolute atomic E-state index is 11.8. The van der Waals surface area contributed by atoms with E-state index in [1.54, 1.807) is 6.92 Å². The molecule has 7 heteroatoms. The zero-order valence-corrected chi connectivity index (χ0v) is 12.4. The van der Waals surface area contributed by atoms with E-state index < -0.39 is 18.1 Å². The molecule has 1 aliphatic rings. The van der Waals surface area contributed by atoms with Gasteiger partial charge in [0.1, 0.15) is 6.29 Å². The minimum absolute atomic E-state index is 0.102. The monoisotopic (exact) mass is 334 g/mol. The highest BCUT2D eigenvalue weighted by molar-refractivity contribution is 9.09. The molecule has 6 nitrogen and oxygen atoms in total. The van der Waals surface area contributed by atoms with Crippen LogP contribution in [0.1, 0.15) is 19.8 Å². The van der Waals surface area contributed by atoms with Crippen molar-refractivity contribution in [2.75, 3.05) is 18.4 Å². The predicted molar refractivity (Wildman–Crippen MR) is 73.6 cm³/mol. The highest BCUT2D eigenvalue weighted by Gasteiger charge is 2.32. The van der Waals surface area contributed by atoms with Crippen molar-refractivity contribution < 1.29 is 19.5 Å². The molecule has 1 fully saturated rings. The number of hydrogen-bond donors (Lipinski definition) is 2. The number of nitrogens with one attached hydrogen (secondary N) is 1. The summed E-state index contributed by atoms with van der Waals surface area (Å²) >= 11 is 3.16. The van der Waals surface area contributed by atoms with Crippen LogP contribution in [-0.2, 0) is 9.59 Å². The number of alkyl halides is 1. The highest BCUT2D eigenvalue weighted by Crippen LogP contribution is 2.20. The molecule has 2 N–H and O–H groups in total. The number of halogens is 1. The van der Waals surface area contributed by atoms with Crippen molar-refractivity contribution in [2.45, 2.75) is 31.8 Å². The van der Waals surface area contributed by atoms with Crippen LogP contribution in [-0.4, -0.2) is 58.7 Å². The largest absolute Gasteiger partial charge is 0.465 e. The number of Topliss-reactive ketones (excluding diaryl/α,β-unsaturated/α-hetero) is 1. The number of likely N-dealkylation sites (tertiary alicyclic amines) is 1. The molecule has 1 heterocycles. The highest BCUT2D eigenvalue weighted by atomic mass is 79.9. The molecule has 0 aliphatic carbocycles. The number of rotatable bonds is 7. The van der Waals surface area contributed by atoms with Crippen molar-refractivity contribution in [3.63, 3.8) is 0 Å². The van der Waals surface area contributed by atoms with E-state index in [4.69, 9.17) is 5.11 Å². The predicted octanol–water partition coefficient (Wildman–Crippen LogP) is 0.886. The first kappa shape index (κ1) is 16.1. The zero-order chi connectivity index (χ0) is 14.4. The lowest BCUT2D eigenvalue weighted by Gasteiger charge is -2.29. The second-order valence-corrected chi connectivity index (χ2v) is 5.36. The molecule has 0 aromatic heterocycles. The van der Waals surface area contributed by atoms with Crippen molar-refractivity contribution in [2.24, 2.45) is 5.92 Å². The van der Waals surface area contributed by atoms with Crippen molar-refractivity contribution in [3.05, 3.63) is 0 Å². The Kier molecular flexibility index (Phi) is 6.44. The van der Waals surface area contributed by atoms with E-state index >= 15 is 0 Å². The molecular formula is C12H19BrN2O4. The SMILES string of the molecule is CC(C=O)C(CN1CCC[C@H]1C(=O)CBr)NC(=O)O. The Morgan fingerprint density at radius 1 is 1.58 bits per heavy atom.